The van der Waals surface area contributed by atoms with Crippen molar-refractivity contribution in [1.29, 1.82) is 0 Å². The maximum Gasteiger partial charge on any atom is 0.0224 e. The van der Waals surface area contributed by atoms with E-state index in [2.05, 4.69) is 29.1 Å². The number of rotatable bonds is 2. The second-order valence-corrected chi connectivity index (χ2v) is 6.64. The minimum Gasteiger partial charge on any atom is -0.317 e. The molecule has 3 heteroatoms. The van der Waals surface area contributed by atoms with Gasteiger partial charge in [-0.1, -0.05) is 6.42 Å². The zero-order valence-corrected chi connectivity index (χ0v) is 12.1. The molecule has 1 aliphatic carbocycles. The Labute approximate surface area is 112 Å². The normalized spacial score (nSPS) is 43.0. The van der Waals surface area contributed by atoms with Gasteiger partial charge in [0.1, 0.15) is 0 Å². The molecule has 0 spiro atoms. The van der Waals surface area contributed by atoms with E-state index in [4.69, 9.17) is 0 Å². The Balaban J connectivity index is 1.63. The van der Waals surface area contributed by atoms with E-state index < -0.39 is 0 Å². The summed E-state index contributed by atoms with van der Waals surface area (Å²) in [6, 6.07) is 3.24. The molecule has 3 fully saturated rings. The Kier molecular flexibility index (Phi) is 3.92. The van der Waals surface area contributed by atoms with E-state index in [0.717, 1.165) is 24.2 Å². The van der Waals surface area contributed by atoms with E-state index in [1.807, 2.05) is 0 Å². The lowest BCUT2D eigenvalue weighted by Crippen LogP contribution is -2.59. The van der Waals surface area contributed by atoms with Crippen molar-refractivity contribution in [2.45, 2.75) is 69.6 Å². The molecule has 104 valence electrons. The third kappa shape index (κ3) is 2.45. The van der Waals surface area contributed by atoms with Crippen LogP contribution in [-0.4, -0.2) is 60.6 Å². The highest BCUT2D eigenvalue weighted by atomic mass is 15.3. The van der Waals surface area contributed by atoms with Crippen molar-refractivity contribution in [3.05, 3.63) is 0 Å². The molecule has 2 aliphatic heterocycles. The van der Waals surface area contributed by atoms with Crippen molar-refractivity contribution in [3.63, 3.8) is 0 Å². The van der Waals surface area contributed by atoms with Crippen LogP contribution in [0.1, 0.15) is 45.4 Å². The van der Waals surface area contributed by atoms with Gasteiger partial charge in [-0.25, -0.2) is 0 Å². The van der Waals surface area contributed by atoms with Gasteiger partial charge in [0.05, 0.1) is 0 Å². The molecular formula is C15H29N3. The van der Waals surface area contributed by atoms with E-state index >= 15 is 0 Å². The lowest BCUT2D eigenvalue weighted by molar-refractivity contribution is 0.0122. The standard InChI is InChI=1S/C15H29N3/c1-12-10-17-8-4-7-15(17)11-18(12)14-6-3-5-13(9-14)16-2/h12-16H,3-11H2,1-2H3. The van der Waals surface area contributed by atoms with Crippen molar-refractivity contribution >= 4 is 0 Å². The number of fused-ring (bicyclic) bond motifs is 1. The van der Waals surface area contributed by atoms with Gasteiger partial charge in [0, 0.05) is 37.3 Å². The van der Waals surface area contributed by atoms with Crippen LogP contribution in [0.3, 0.4) is 0 Å². The Morgan fingerprint density at radius 2 is 1.83 bits per heavy atom. The smallest absolute Gasteiger partial charge is 0.0224 e. The highest BCUT2D eigenvalue weighted by Gasteiger charge is 2.38. The zero-order chi connectivity index (χ0) is 12.5. The van der Waals surface area contributed by atoms with Gasteiger partial charge in [0.15, 0.2) is 0 Å². The zero-order valence-electron chi connectivity index (χ0n) is 12.1. The van der Waals surface area contributed by atoms with Gasteiger partial charge >= 0.3 is 0 Å². The number of hydrogen-bond donors (Lipinski definition) is 1. The topological polar surface area (TPSA) is 18.5 Å². The van der Waals surface area contributed by atoms with Crippen LogP contribution >= 0.6 is 0 Å². The van der Waals surface area contributed by atoms with Crippen LogP contribution < -0.4 is 5.32 Å². The van der Waals surface area contributed by atoms with Gasteiger partial charge in [-0.3, -0.25) is 9.80 Å². The predicted molar refractivity (Wildman–Crippen MR) is 75.9 cm³/mol. The van der Waals surface area contributed by atoms with Gasteiger partial charge in [-0.15, -0.1) is 0 Å². The Morgan fingerprint density at radius 1 is 1.00 bits per heavy atom. The summed E-state index contributed by atoms with van der Waals surface area (Å²) < 4.78 is 0. The van der Waals surface area contributed by atoms with Gasteiger partial charge in [-0.2, -0.15) is 0 Å². The van der Waals surface area contributed by atoms with Crippen LogP contribution in [0.15, 0.2) is 0 Å². The summed E-state index contributed by atoms with van der Waals surface area (Å²) in [6.45, 7) is 6.44. The third-order valence-corrected chi connectivity index (χ3v) is 5.51. The summed E-state index contributed by atoms with van der Waals surface area (Å²) in [5, 5.41) is 3.50. The van der Waals surface area contributed by atoms with Crippen LogP contribution in [0.2, 0.25) is 0 Å². The first-order chi connectivity index (χ1) is 8.78. The molecule has 2 saturated heterocycles. The third-order valence-electron chi connectivity index (χ3n) is 5.51. The Bertz CT molecular complexity index is 281. The number of piperazine rings is 1. The van der Waals surface area contributed by atoms with Gasteiger partial charge in [0.2, 0.25) is 0 Å². The van der Waals surface area contributed by atoms with E-state index in [1.165, 1.54) is 58.2 Å². The number of nitrogens with one attached hydrogen (secondary N) is 1. The second kappa shape index (κ2) is 5.48. The quantitative estimate of drug-likeness (QED) is 0.806. The Hall–Kier alpha value is -0.120. The monoisotopic (exact) mass is 251 g/mol. The molecule has 18 heavy (non-hydrogen) atoms. The molecule has 0 aromatic rings. The second-order valence-electron chi connectivity index (χ2n) is 6.64. The average molecular weight is 251 g/mol. The Morgan fingerprint density at radius 3 is 2.67 bits per heavy atom. The predicted octanol–water partition coefficient (Wildman–Crippen LogP) is 1.69. The summed E-state index contributed by atoms with van der Waals surface area (Å²) in [4.78, 5) is 5.58. The molecule has 3 aliphatic rings. The summed E-state index contributed by atoms with van der Waals surface area (Å²) in [5.74, 6) is 0. The molecule has 1 saturated carbocycles. The van der Waals surface area contributed by atoms with Crippen molar-refractivity contribution in [1.82, 2.24) is 15.1 Å². The molecule has 4 unspecified atom stereocenters. The molecule has 3 rings (SSSR count). The summed E-state index contributed by atoms with van der Waals surface area (Å²) >= 11 is 0. The molecule has 2 heterocycles. The van der Waals surface area contributed by atoms with E-state index in [0.29, 0.717) is 0 Å². The number of nitrogens with zero attached hydrogens (tertiary/aromatic N) is 2. The van der Waals surface area contributed by atoms with Crippen LogP contribution in [-0.2, 0) is 0 Å². The average Bonchev–Trinajstić information content (AvgIpc) is 2.85. The maximum atomic E-state index is 3.50. The minimum atomic E-state index is 0.762. The lowest BCUT2D eigenvalue weighted by Gasteiger charge is -2.48. The fourth-order valence-electron chi connectivity index (χ4n) is 4.45. The van der Waals surface area contributed by atoms with Crippen molar-refractivity contribution in [3.8, 4) is 0 Å². The van der Waals surface area contributed by atoms with Crippen LogP contribution in [0.25, 0.3) is 0 Å². The summed E-state index contributed by atoms with van der Waals surface area (Å²) in [6.07, 6.45) is 8.45. The molecule has 4 atom stereocenters. The highest BCUT2D eigenvalue weighted by molar-refractivity contribution is 4.95. The van der Waals surface area contributed by atoms with E-state index in [-0.39, 0.29) is 0 Å². The minimum absolute atomic E-state index is 0.762. The fourth-order valence-corrected chi connectivity index (χ4v) is 4.45. The SMILES string of the molecule is CNC1CCCC(N2CC3CCCN3CC2C)C1. The van der Waals surface area contributed by atoms with Crippen molar-refractivity contribution in [2.24, 2.45) is 0 Å². The molecule has 0 aromatic carbocycles. The summed E-state index contributed by atoms with van der Waals surface area (Å²) in [5.41, 5.74) is 0. The highest BCUT2D eigenvalue weighted by Crippen LogP contribution is 2.30. The molecule has 0 amide bonds. The lowest BCUT2D eigenvalue weighted by atomic mass is 9.88. The van der Waals surface area contributed by atoms with Crippen LogP contribution in [0.4, 0.5) is 0 Å². The first kappa shape index (κ1) is 12.9. The van der Waals surface area contributed by atoms with Crippen LogP contribution in [0.5, 0.6) is 0 Å². The molecule has 1 N–H and O–H groups in total. The molecular weight excluding hydrogens is 222 g/mol. The maximum absolute atomic E-state index is 3.50. The van der Waals surface area contributed by atoms with Gasteiger partial charge < -0.3 is 5.32 Å². The van der Waals surface area contributed by atoms with Crippen molar-refractivity contribution in [2.75, 3.05) is 26.7 Å². The largest absolute Gasteiger partial charge is 0.317 e. The molecule has 3 nitrogen and oxygen atoms in total. The van der Waals surface area contributed by atoms with E-state index in [9.17, 15) is 0 Å². The fraction of sp³-hybridized carbons (Fsp3) is 1.00. The van der Waals surface area contributed by atoms with Gasteiger partial charge in [-0.05, 0) is 52.6 Å². The van der Waals surface area contributed by atoms with Crippen molar-refractivity contribution < 1.29 is 0 Å². The van der Waals surface area contributed by atoms with Gasteiger partial charge in [0.25, 0.3) is 0 Å². The molecule has 0 radical (unpaired) electrons. The van der Waals surface area contributed by atoms with E-state index in [1.54, 1.807) is 0 Å². The molecule has 0 bridgehead atoms. The molecule has 0 aromatic heterocycles. The first-order valence-corrected chi connectivity index (χ1v) is 7.95. The summed E-state index contributed by atoms with van der Waals surface area (Å²) in [7, 11) is 2.13. The van der Waals surface area contributed by atoms with Crippen LogP contribution in [0, 0.1) is 0 Å². The number of hydrogen-bond acceptors (Lipinski definition) is 3. The first-order valence-electron chi connectivity index (χ1n) is 7.95.